The molecule has 2 aromatic rings. The summed E-state index contributed by atoms with van der Waals surface area (Å²) in [4.78, 5) is 25.8. The second-order valence-electron chi connectivity index (χ2n) is 5.99. The number of hydrogen-bond acceptors (Lipinski definition) is 4. The number of benzene rings is 2. The SMILES string of the molecule is CN(C)C(=O)Oc1ccc(Cc2ccc(OC(=O)N(C)C)cc2)cc1. The van der Waals surface area contributed by atoms with Crippen LogP contribution >= 0.6 is 0 Å². The lowest BCUT2D eigenvalue weighted by atomic mass is 10.0. The zero-order valence-corrected chi connectivity index (χ0v) is 14.9. The van der Waals surface area contributed by atoms with E-state index in [2.05, 4.69) is 0 Å². The molecule has 0 aliphatic carbocycles. The first-order chi connectivity index (χ1) is 11.8. The topological polar surface area (TPSA) is 59.1 Å². The molecular weight excluding hydrogens is 320 g/mol. The third-order valence-electron chi connectivity index (χ3n) is 3.40. The van der Waals surface area contributed by atoms with Crippen molar-refractivity contribution in [2.75, 3.05) is 28.2 Å². The van der Waals surface area contributed by atoms with Crippen LogP contribution in [-0.2, 0) is 6.42 Å². The largest absolute Gasteiger partial charge is 0.414 e. The maximum Gasteiger partial charge on any atom is 0.414 e. The molecule has 0 saturated carbocycles. The monoisotopic (exact) mass is 342 g/mol. The molecule has 0 fully saturated rings. The second-order valence-corrected chi connectivity index (χ2v) is 5.99. The molecule has 0 aromatic heterocycles. The summed E-state index contributed by atoms with van der Waals surface area (Å²) in [5.41, 5.74) is 2.17. The van der Waals surface area contributed by atoms with Gasteiger partial charge in [-0.2, -0.15) is 0 Å². The number of carbonyl (C=O) groups excluding carboxylic acids is 2. The van der Waals surface area contributed by atoms with Gasteiger partial charge < -0.3 is 19.3 Å². The maximum absolute atomic E-state index is 11.5. The van der Waals surface area contributed by atoms with Gasteiger partial charge in [-0.15, -0.1) is 0 Å². The van der Waals surface area contributed by atoms with Crippen LogP contribution in [0.3, 0.4) is 0 Å². The fraction of sp³-hybridized carbons (Fsp3) is 0.263. The van der Waals surface area contributed by atoms with Gasteiger partial charge in [0.2, 0.25) is 0 Å². The highest BCUT2D eigenvalue weighted by atomic mass is 16.6. The van der Waals surface area contributed by atoms with Crippen molar-refractivity contribution in [2.45, 2.75) is 6.42 Å². The molecule has 0 aliphatic heterocycles. The van der Waals surface area contributed by atoms with E-state index in [0.717, 1.165) is 17.5 Å². The summed E-state index contributed by atoms with van der Waals surface area (Å²) in [6, 6.07) is 14.7. The van der Waals surface area contributed by atoms with E-state index in [9.17, 15) is 9.59 Å². The Balaban J connectivity index is 1.95. The molecule has 132 valence electrons. The van der Waals surface area contributed by atoms with E-state index >= 15 is 0 Å². The van der Waals surface area contributed by atoms with Gasteiger partial charge in [0.05, 0.1) is 0 Å². The van der Waals surface area contributed by atoms with Crippen molar-refractivity contribution < 1.29 is 19.1 Å². The van der Waals surface area contributed by atoms with E-state index in [-0.39, 0.29) is 0 Å². The molecule has 2 amide bonds. The fourth-order valence-electron chi connectivity index (χ4n) is 1.97. The lowest BCUT2D eigenvalue weighted by Crippen LogP contribution is -2.25. The number of amides is 2. The van der Waals surface area contributed by atoms with Crippen LogP contribution in [0, 0.1) is 0 Å². The summed E-state index contributed by atoms with van der Waals surface area (Å²) in [5, 5.41) is 0. The normalized spacial score (nSPS) is 10.1. The Morgan fingerprint density at radius 3 is 1.28 bits per heavy atom. The summed E-state index contributed by atoms with van der Waals surface area (Å²) in [6.45, 7) is 0. The second kappa shape index (κ2) is 8.19. The van der Waals surface area contributed by atoms with Crippen LogP contribution < -0.4 is 9.47 Å². The van der Waals surface area contributed by atoms with Crippen LogP contribution in [0.15, 0.2) is 48.5 Å². The number of nitrogens with zero attached hydrogens (tertiary/aromatic N) is 2. The van der Waals surface area contributed by atoms with Crippen LogP contribution in [0.25, 0.3) is 0 Å². The van der Waals surface area contributed by atoms with E-state index in [1.807, 2.05) is 24.3 Å². The minimum absolute atomic E-state index is 0.407. The van der Waals surface area contributed by atoms with Crippen LogP contribution in [0.2, 0.25) is 0 Å². The van der Waals surface area contributed by atoms with Gasteiger partial charge in [0.15, 0.2) is 0 Å². The van der Waals surface area contributed by atoms with Crippen LogP contribution in [0.1, 0.15) is 11.1 Å². The van der Waals surface area contributed by atoms with Crippen LogP contribution in [0.4, 0.5) is 9.59 Å². The highest BCUT2D eigenvalue weighted by Gasteiger charge is 2.08. The Labute approximate surface area is 147 Å². The predicted molar refractivity (Wildman–Crippen MR) is 95.1 cm³/mol. The van der Waals surface area contributed by atoms with Gasteiger partial charge >= 0.3 is 12.2 Å². The van der Waals surface area contributed by atoms with Crippen LogP contribution in [-0.4, -0.2) is 50.2 Å². The molecule has 0 unspecified atom stereocenters. The highest BCUT2D eigenvalue weighted by molar-refractivity contribution is 5.70. The van der Waals surface area contributed by atoms with Crippen molar-refractivity contribution in [1.29, 1.82) is 0 Å². The maximum atomic E-state index is 11.5. The van der Waals surface area contributed by atoms with E-state index in [4.69, 9.17) is 9.47 Å². The molecule has 0 aliphatic rings. The lowest BCUT2D eigenvalue weighted by Gasteiger charge is -2.11. The van der Waals surface area contributed by atoms with Gasteiger partial charge in [0.1, 0.15) is 11.5 Å². The molecular formula is C19H22N2O4. The van der Waals surface area contributed by atoms with E-state index in [1.54, 1.807) is 52.5 Å². The van der Waals surface area contributed by atoms with Gasteiger partial charge in [-0.05, 0) is 41.8 Å². The number of carbonyl (C=O) groups is 2. The summed E-state index contributed by atoms with van der Waals surface area (Å²) < 4.78 is 10.4. The zero-order chi connectivity index (χ0) is 18.4. The molecule has 25 heavy (non-hydrogen) atoms. The fourth-order valence-corrected chi connectivity index (χ4v) is 1.97. The summed E-state index contributed by atoms with van der Waals surface area (Å²) in [7, 11) is 6.54. The van der Waals surface area contributed by atoms with E-state index < -0.39 is 12.2 Å². The summed E-state index contributed by atoms with van der Waals surface area (Å²) in [5.74, 6) is 1.02. The Hall–Kier alpha value is -3.02. The Kier molecular flexibility index (Phi) is 6.00. The molecule has 2 aromatic carbocycles. The van der Waals surface area contributed by atoms with Crippen molar-refractivity contribution in [3.63, 3.8) is 0 Å². The third-order valence-corrected chi connectivity index (χ3v) is 3.40. The summed E-state index contributed by atoms with van der Waals surface area (Å²) >= 11 is 0. The standard InChI is InChI=1S/C19H22N2O4/c1-20(2)18(22)24-16-9-5-14(6-10-16)13-15-7-11-17(12-8-15)25-19(23)21(3)4/h5-12H,13H2,1-4H3. The van der Waals surface area contributed by atoms with E-state index in [1.165, 1.54) is 9.80 Å². The van der Waals surface area contributed by atoms with Crippen molar-refractivity contribution in [3.8, 4) is 11.5 Å². The summed E-state index contributed by atoms with van der Waals surface area (Å²) in [6.07, 6.45) is -0.0877. The van der Waals surface area contributed by atoms with Gasteiger partial charge in [-0.25, -0.2) is 9.59 Å². The van der Waals surface area contributed by atoms with Crippen molar-refractivity contribution in [1.82, 2.24) is 9.80 Å². The predicted octanol–water partition coefficient (Wildman–Crippen LogP) is 3.40. The Bertz CT molecular complexity index is 659. The Morgan fingerprint density at radius 1 is 0.680 bits per heavy atom. The first-order valence-electron chi connectivity index (χ1n) is 7.81. The highest BCUT2D eigenvalue weighted by Crippen LogP contribution is 2.18. The van der Waals surface area contributed by atoms with Crippen molar-refractivity contribution in [3.05, 3.63) is 59.7 Å². The third kappa shape index (κ3) is 5.53. The molecule has 6 nitrogen and oxygen atoms in total. The lowest BCUT2D eigenvalue weighted by molar-refractivity contribution is 0.171. The Morgan fingerprint density at radius 2 is 1.00 bits per heavy atom. The molecule has 0 bridgehead atoms. The molecule has 0 heterocycles. The molecule has 6 heteroatoms. The van der Waals surface area contributed by atoms with E-state index in [0.29, 0.717) is 11.5 Å². The minimum atomic E-state index is -0.407. The molecule has 2 rings (SSSR count). The van der Waals surface area contributed by atoms with Gasteiger partial charge in [0.25, 0.3) is 0 Å². The van der Waals surface area contributed by atoms with Crippen molar-refractivity contribution >= 4 is 12.2 Å². The molecule has 0 radical (unpaired) electrons. The average Bonchev–Trinajstić information content (AvgIpc) is 2.58. The number of rotatable bonds is 4. The zero-order valence-electron chi connectivity index (χ0n) is 14.9. The first-order valence-corrected chi connectivity index (χ1v) is 7.81. The molecule has 0 N–H and O–H groups in total. The smallest absolute Gasteiger partial charge is 0.410 e. The number of ether oxygens (including phenoxy) is 2. The molecule has 0 saturated heterocycles. The van der Waals surface area contributed by atoms with Crippen LogP contribution in [0.5, 0.6) is 11.5 Å². The van der Waals surface area contributed by atoms with Crippen molar-refractivity contribution in [2.24, 2.45) is 0 Å². The minimum Gasteiger partial charge on any atom is -0.410 e. The quantitative estimate of drug-likeness (QED) is 0.854. The molecule has 0 spiro atoms. The molecule has 0 atom stereocenters. The van der Waals surface area contributed by atoms with Gasteiger partial charge in [-0.3, -0.25) is 0 Å². The number of hydrogen-bond donors (Lipinski definition) is 0. The van der Waals surface area contributed by atoms with Gasteiger partial charge in [-0.1, -0.05) is 24.3 Å². The van der Waals surface area contributed by atoms with Gasteiger partial charge in [0, 0.05) is 28.2 Å². The average molecular weight is 342 g/mol. The first kappa shape index (κ1) is 18.3.